The van der Waals surface area contributed by atoms with Gasteiger partial charge in [-0.15, -0.1) is 11.3 Å². The Kier molecular flexibility index (Phi) is 7.60. The maximum atomic E-state index is 13.5. The van der Waals surface area contributed by atoms with Gasteiger partial charge in [-0.25, -0.2) is 18.2 Å². The Balaban J connectivity index is 1.41. The van der Waals surface area contributed by atoms with Crippen LogP contribution in [0.3, 0.4) is 0 Å². The van der Waals surface area contributed by atoms with E-state index in [1.807, 2.05) is 29.3 Å². The lowest BCUT2D eigenvalue weighted by Gasteiger charge is -2.45. The molecule has 3 unspecified atom stereocenters. The monoisotopic (exact) mass is 495 g/mol. The third-order valence-corrected chi connectivity index (χ3v) is 7.96. The third-order valence-electron chi connectivity index (χ3n) is 6.94. The standard InChI is InChI=1S/C26H36F3N3OS/c1-18(27)33-23-8-6-5-7-22(23)24-30-12-21(34-24)15-32-13-19(11-20(14-32)25(2,3)4)9-10-31-16-26(28,29)17-31/h5-8,12,18-20H,9-11,13-17H2,1-4H3. The summed E-state index contributed by atoms with van der Waals surface area (Å²) < 4.78 is 45.2. The summed E-state index contributed by atoms with van der Waals surface area (Å²) >= 11 is 1.61. The molecule has 0 bridgehead atoms. The Bertz CT molecular complexity index is 951. The second kappa shape index (κ2) is 10.2. The van der Waals surface area contributed by atoms with Gasteiger partial charge in [0, 0.05) is 37.6 Å². The number of hydrogen-bond donors (Lipinski definition) is 0. The zero-order valence-corrected chi connectivity index (χ0v) is 21.4. The number of nitrogens with zero attached hydrogens (tertiary/aromatic N) is 3. The SMILES string of the molecule is CC(F)Oc1ccccc1-c1ncc(CN2CC(CCN3CC(F)(F)C3)CC(C(C)(C)C)C2)s1. The molecule has 0 radical (unpaired) electrons. The second-order valence-electron chi connectivity index (χ2n) is 11.0. The van der Waals surface area contributed by atoms with Crippen LogP contribution in [0.15, 0.2) is 30.5 Å². The van der Waals surface area contributed by atoms with Crippen LogP contribution in [-0.4, -0.2) is 59.8 Å². The molecule has 1 aromatic carbocycles. The number of alkyl halides is 3. The van der Waals surface area contributed by atoms with Gasteiger partial charge in [-0.2, -0.15) is 0 Å². The summed E-state index contributed by atoms with van der Waals surface area (Å²) in [4.78, 5) is 10.1. The predicted molar refractivity (Wildman–Crippen MR) is 131 cm³/mol. The number of ether oxygens (including phenoxy) is 1. The molecule has 2 fully saturated rings. The number of hydrogen-bond acceptors (Lipinski definition) is 5. The molecule has 4 rings (SSSR count). The van der Waals surface area contributed by atoms with E-state index in [9.17, 15) is 13.2 Å². The van der Waals surface area contributed by atoms with Gasteiger partial charge >= 0.3 is 0 Å². The van der Waals surface area contributed by atoms with Crippen molar-refractivity contribution in [3.05, 3.63) is 35.3 Å². The zero-order chi connectivity index (χ0) is 24.5. The first kappa shape index (κ1) is 25.5. The van der Waals surface area contributed by atoms with Crippen molar-refractivity contribution in [2.24, 2.45) is 17.3 Å². The van der Waals surface area contributed by atoms with Gasteiger partial charge in [-0.3, -0.25) is 9.80 Å². The predicted octanol–water partition coefficient (Wildman–Crippen LogP) is 6.33. The molecule has 0 aliphatic carbocycles. The highest BCUT2D eigenvalue weighted by atomic mass is 32.1. The highest BCUT2D eigenvalue weighted by Gasteiger charge is 2.43. The van der Waals surface area contributed by atoms with Crippen molar-refractivity contribution < 1.29 is 17.9 Å². The fraction of sp³-hybridized carbons (Fsp3) is 0.654. The fourth-order valence-electron chi connectivity index (χ4n) is 5.05. The summed E-state index contributed by atoms with van der Waals surface area (Å²) in [6, 6.07) is 7.41. The summed E-state index contributed by atoms with van der Waals surface area (Å²) in [7, 11) is 0. The Morgan fingerprint density at radius 2 is 1.91 bits per heavy atom. The molecule has 2 aliphatic rings. The van der Waals surface area contributed by atoms with Crippen LogP contribution in [0.1, 0.15) is 45.4 Å². The van der Waals surface area contributed by atoms with Crippen molar-refractivity contribution >= 4 is 11.3 Å². The second-order valence-corrected chi connectivity index (χ2v) is 12.1. The molecule has 2 saturated heterocycles. The molecule has 34 heavy (non-hydrogen) atoms. The van der Waals surface area contributed by atoms with Gasteiger partial charge in [0.05, 0.1) is 18.7 Å². The Morgan fingerprint density at radius 1 is 1.18 bits per heavy atom. The average molecular weight is 496 g/mol. The van der Waals surface area contributed by atoms with E-state index in [-0.39, 0.29) is 18.5 Å². The molecule has 0 spiro atoms. The number of likely N-dealkylation sites (tertiary alicyclic amines) is 2. The zero-order valence-electron chi connectivity index (χ0n) is 20.6. The maximum Gasteiger partial charge on any atom is 0.272 e. The minimum absolute atomic E-state index is 0.0951. The lowest BCUT2D eigenvalue weighted by molar-refractivity contribution is -0.132. The van der Waals surface area contributed by atoms with Gasteiger partial charge in [-0.05, 0) is 48.8 Å². The molecule has 2 aromatic rings. The molecule has 3 heterocycles. The molecule has 0 N–H and O–H groups in total. The molecule has 4 nitrogen and oxygen atoms in total. The molecular formula is C26H36F3N3OS. The number of piperidine rings is 1. The van der Waals surface area contributed by atoms with E-state index in [0.29, 0.717) is 17.6 Å². The summed E-state index contributed by atoms with van der Waals surface area (Å²) in [5.41, 5.74) is 0.998. The van der Waals surface area contributed by atoms with E-state index in [4.69, 9.17) is 4.74 Å². The molecular weight excluding hydrogens is 459 g/mol. The van der Waals surface area contributed by atoms with Crippen LogP contribution < -0.4 is 4.74 Å². The molecule has 0 amide bonds. The van der Waals surface area contributed by atoms with Crippen molar-refractivity contribution in [1.82, 2.24) is 14.8 Å². The van der Waals surface area contributed by atoms with Crippen LogP contribution in [0.25, 0.3) is 10.6 Å². The lowest BCUT2D eigenvalue weighted by atomic mass is 9.72. The Morgan fingerprint density at radius 3 is 2.59 bits per heavy atom. The topological polar surface area (TPSA) is 28.6 Å². The first-order valence-corrected chi connectivity index (χ1v) is 13.0. The van der Waals surface area contributed by atoms with Crippen LogP contribution >= 0.6 is 11.3 Å². The first-order valence-electron chi connectivity index (χ1n) is 12.2. The van der Waals surface area contributed by atoms with Crippen LogP contribution in [0.5, 0.6) is 5.75 Å². The molecule has 0 saturated carbocycles. The largest absolute Gasteiger partial charge is 0.460 e. The molecule has 8 heteroatoms. The summed E-state index contributed by atoms with van der Waals surface area (Å²) in [5.74, 6) is -0.945. The highest BCUT2D eigenvalue weighted by Crippen LogP contribution is 2.39. The van der Waals surface area contributed by atoms with E-state index in [1.54, 1.807) is 17.4 Å². The number of thiazole rings is 1. The highest BCUT2D eigenvalue weighted by molar-refractivity contribution is 7.15. The Hall–Kier alpha value is -1.64. The van der Waals surface area contributed by atoms with Crippen LogP contribution in [-0.2, 0) is 6.54 Å². The van der Waals surface area contributed by atoms with Gasteiger partial charge in [0.1, 0.15) is 10.8 Å². The smallest absolute Gasteiger partial charge is 0.272 e. The van der Waals surface area contributed by atoms with Crippen LogP contribution in [0.4, 0.5) is 13.2 Å². The van der Waals surface area contributed by atoms with E-state index in [0.717, 1.165) is 54.5 Å². The number of benzene rings is 1. The average Bonchev–Trinajstić information content (AvgIpc) is 3.18. The normalized spacial score (nSPS) is 24.6. The first-order chi connectivity index (χ1) is 16.0. The molecule has 3 atom stereocenters. The fourth-order valence-corrected chi connectivity index (χ4v) is 6.03. The number of halogens is 3. The van der Waals surface area contributed by atoms with Gasteiger partial charge < -0.3 is 4.74 Å². The minimum atomic E-state index is -2.50. The number of para-hydroxylation sites is 1. The van der Waals surface area contributed by atoms with Gasteiger partial charge in [-0.1, -0.05) is 32.9 Å². The van der Waals surface area contributed by atoms with Gasteiger partial charge in [0.2, 0.25) is 6.36 Å². The quantitative estimate of drug-likeness (QED) is 0.428. The van der Waals surface area contributed by atoms with E-state index in [2.05, 4.69) is 30.7 Å². The molecule has 2 aliphatic heterocycles. The summed E-state index contributed by atoms with van der Waals surface area (Å²) in [5, 5.41) is 0.825. The molecule has 1 aromatic heterocycles. The maximum absolute atomic E-state index is 13.5. The van der Waals surface area contributed by atoms with Crippen molar-refractivity contribution in [3.63, 3.8) is 0 Å². The van der Waals surface area contributed by atoms with Gasteiger partial charge in [0.15, 0.2) is 0 Å². The minimum Gasteiger partial charge on any atom is -0.460 e. The van der Waals surface area contributed by atoms with Crippen LogP contribution in [0, 0.1) is 17.3 Å². The van der Waals surface area contributed by atoms with Crippen molar-refractivity contribution in [2.75, 3.05) is 32.7 Å². The molecule has 188 valence electrons. The van der Waals surface area contributed by atoms with Crippen molar-refractivity contribution in [1.29, 1.82) is 0 Å². The summed E-state index contributed by atoms with van der Waals surface area (Å²) in [6.07, 6.45) is 2.62. The number of rotatable bonds is 8. The van der Waals surface area contributed by atoms with Crippen molar-refractivity contribution in [3.8, 4) is 16.3 Å². The lowest BCUT2D eigenvalue weighted by Crippen LogP contribution is -2.56. The van der Waals surface area contributed by atoms with Gasteiger partial charge in [0.25, 0.3) is 5.92 Å². The number of aromatic nitrogens is 1. The third kappa shape index (κ3) is 6.52. The summed E-state index contributed by atoms with van der Waals surface area (Å²) in [6.45, 7) is 11.6. The van der Waals surface area contributed by atoms with E-state index < -0.39 is 12.3 Å². The Labute approximate surface area is 205 Å². The van der Waals surface area contributed by atoms with Crippen LogP contribution in [0.2, 0.25) is 0 Å². The van der Waals surface area contributed by atoms with Crippen molar-refractivity contribution in [2.45, 2.75) is 59.4 Å². The van der Waals surface area contributed by atoms with E-state index >= 15 is 0 Å². The van der Waals surface area contributed by atoms with E-state index in [1.165, 1.54) is 6.92 Å².